The van der Waals surface area contributed by atoms with Gasteiger partial charge in [-0.25, -0.2) is 4.79 Å². The monoisotopic (exact) mass is 296 g/mol. The number of aliphatic hydroxyl groups is 2. The van der Waals surface area contributed by atoms with Crippen molar-refractivity contribution in [3.8, 4) is 0 Å². The lowest BCUT2D eigenvalue weighted by molar-refractivity contribution is -0.384. The average molecular weight is 296 g/mol. The zero-order valence-electron chi connectivity index (χ0n) is 11.2. The summed E-state index contributed by atoms with van der Waals surface area (Å²) in [6, 6.07) is 5.70. The highest BCUT2D eigenvalue weighted by atomic mass is 16.6. The topological polar surface area (TPSA) is 113 Å². The number of aliphatic hydroxyl groups excluding tert-OH is 2. The molecule has 0 bridgehead atoms. The number of likely N-dealkylation sites (tertiary alicyclic amines) is 1. The Morgan fingerprint density at radius 1 is 1.33 bits per heavy atom. The third-order valence-electron chi connectivity index (χ3n) is 3.31. The number of amides is 1. The minimum absolute atomic E-state index is 0.00796. The zero-order chi connectivity index (χ0) is 15.4. The highest BCUT2D eigenvalue weighted by Gasteiger charge is 2.29. The van der Waals surface area contributed by atoms with E-state index in [1.54, 1.807) is 0 Å². The number of ether oxygens (including phenoxy) is 1. The molecule has 0 aliphatic carbocycles. The maximum absolute atomic E-state index is 11.8. The van der Waals surface area contributed by atoms with Crippen LogP contribution in [-0.2, 0) is 11.3 Å². The van der Waals surface area contributed by atoms with E-state index in [1.165, 1.54) is 29.2 Å². The van der Waals surface area contributed by atoms with E-state index in [0.717, 1.165) is 0 Å². The predicted molar refractivity (Wildman–Crippen MR) is 71.5 cm³/mol. The van der Waals surface area contributed by atoms with Crippen LogP contribution in [-0.4, -0.2) is 51.4 Å². The van der Waals surface area contributed by atoms with E-state index >= 15 is 0 Å². The van der Waals surface area contributed by atoms with Crippen LogP contribution >= 0.6 is 0 Å². The Kier molecular flexibility index (Phi) is 4.71. The standard InChI is InChI=1S/C13H16N2O6/c16-11-5-6-14(7-12(11)17)13(18)21-8-9-1-3-10(4-2-9)15(19)20/h1-4,11-12,16-17H,5-8H2/t11-,12-/m1/s1. The van der Waals surface area contributed by atoms with Gasteiger partial charge in [0.2, 0.25) is 0 Å². The second kappa shape index (κ2) is 6.51. The number of piperidine rings is 1. The van der Waals surface area contributed by atoms with Crippen LogP contribution in [0.5, 0.6) is 0 Å². The van der Waals surface area contributed by atoms with Gasteiger partial charge in [-0.05, 0) is 24.1 Å². The number of carbonyl (C=O) groups excluding carboxylic acids is 1. The summed E-state index contributed by atoms with van der Waals surface area (Å²) in [4.78, 5) is 23.1. The number of nitro benzene ring substituents is 1. The van der Waals surface area contributed by atoms with E-state index in [-0.39, 0.29) is 18.8 Å². The van der Waals surface area contributed by atoms with Crippen LogP contribution < -0.4 is 0 Å². The summed E-state index contributed by atoms with van der Waals surface area (Å²) in [5, 5.41) is 29.4. The molecule has 1 aliphatic rings. The normalized spacial score (nSPS) is 21.9. The third kappa shape index (κ3) is 3.89. The predicted octanol–water partition coefficient (Wildman–Crippen LogP) is 0.659. The second-order valence-electron chi connectivity index (χ2n) is 4.85. The van der Waals surface area contributed by atoms with Gasteiger partial charge in [-0.1, -0.05) is 0 Å². The SMILES string of the molecule is O=C(OCc1ccc([N+](=O)[O-])cc1)N1CC[C@@H](O)[C@H](O)C1. The van der Waals surface area contributed by atoms with Crippen LogP contribution in [0.3, 0.4) is 0 Å². The van der Waals surface area contributed by atoms with Crippen LogP contribution in [0.15, 0.2) is 24.3 Å². The molecule has 0 aromatic heterocycles. The lowest BCUT2D eigenvalue weighted by Crippen LogP contribution is -2.49. The van der Waals surface area contributed by atoms with Gasteiger partial charge in [0, 0.05) is 18.7 Å². The molecular weight excluding hydrogens is 280 g/mol. The molecule has 1 fully saturated rings. The van der Waals surface area contributed by atoms with Crippen LogP contribution in [0.4, 0.5) is 10.5 Å². The number of β-amino-alcohol motifs (C(OH)–C–C–N with tert-alkyl or cyclic N) is 1. The van der Waals surface area contributed by atoms with Gasteiger partial charge in [0.05, 0.1) is 23.7 Å². The molecule has 0 spiro atoms. The first-order chi connectivity index (χ1) is 9.97. The minimum atomic E-state index is -0.967. The number of non-ortho nitro benzene ring substituents is 1. The molecule has 2 N–H and O–H groups in total. The van der Waals surface area contributed by atoms with E-state index in [9.17, 15) is 25.1 Å². The Hall–Kier alpha value is -2.19. The van der Waals surface area contributed by atoms with E-state index in [1.807, 2.05) is 0 Å². The molecule has 2 atom stereocenters. The number of carbonyl (C=O) groups is 1. The summed E-state index contributed by atoms with van der Waals surface area (Å²) in [6.45, 7) is 0.337. The molecule has 1 amide bonds. The zero-order valence-corrected chi connectivity index (χ0v) is 11.2. The van der Waals surface area contributed by atoms with Crippen LogP contribution in [0.2, 0.25) is 0 Å². The fourth-order valence-corrected chi connectivity index (χ4v) is 2.04. The molecule has 1 aromatic carbocycles. The first-order valence-electron chi connectivity index (χ1n) is 6.48. The Balaban J connectivity index is 1.85. The summed E-state index contributed by atoms with van der Waals surface area (Å²) in [6.07, 6.45) is -2.07. The smallest absolute Gasteiger partial charge is 0.410 e. The van der Waals surface area contributed by atoms with Crippen LogP contribution in [0.25, 0.3) is 0 Å². The Bertz CT molecular complexity index is 518. The first kappa shape index (κ1) is 15.2. The highest BCUT2D eigenvalue weighted by molar-refractivity contribution is 5.67. The molecular formula is C13H16N2O6. The number of benzene rings is 1. The Morgan fingerprint density at radius 2 is 2.00 bits per heavy atom. The summed E-state index contributed by atoms with van der Waals surface area (Å²) in [7, 11) is 0. The minimum Gasteiger partial charge on any atom is -0.445 e. The largest absolute Gasteiger partial charge is 0.445 e. The van der Waals surface area contributed by atoms with Gasteiger partial charge in [-0.2, -0.15) is 0 Å². The third-order valence-corrected chi connectivity index (χ3v) is 3.31. The maximum atomic E-state index is 11.8. The number of nitrogens with zero attached hydrogens (tertiary/aromatic N) is 2. The quantitative estimate of drug-likeness (QED) is 0.625. The summed E-state index contributed by atoms with van der Waals surface area (Å²) >= 11 is 0. The maximum Gasteiger partial charge on any atom is 0.410 e. The fourth-order valence-electron chi connectivity index (χ4n) is 2.04. The van der Waals surface area contributed by atoms with E-state index in [2.05, 4.69) is 0 Å². The molecule has 8 nitrogen and oxygen atoms in total. The van der Waals surface area contributed by atoms with Gasteiger partial charge in [0.1, 0.15) is 6.61 Å². The molecule has 2 rings (SSSR count). The molecule has 0 unspecified atom stereocenters. The number of hydrogen-bond donors (Lipinski definition) is 2. The van der Waals surface area contributed by atoms with Gasteiger partial charge < -0.3 is 19.8 Å². The Labute approximate surface area is 120 Å². The lowest BCUT2D eigenvalue weighted by Gasteiger charge is -2.32. The fraction of sp³-hybridized carbons (Fsp3) is 0.462. The van der Waals surface area contributed by atoms with Crippen molar-refractivity contribution in [3.63, 3.8) is 0 Å². The van der Waals surface area contributed by atoms with Crippen molar-refractivity contribution in [1.29, 1.82) is 0 Å². The molecule has 21 heavy (non-hydrogen) atoms. The molecule has 1 saturated heterocycles. The molecule has 8 heteroatoms. The number of hydrogen-bond acceptors (Lipinski definition) is 6. The molecule has 1 heterocycles. The van der Waals surface area contributed by atoms with Gasteiger partial charge in [-0.3, -0.25) is 10.1 Å². The molecule has 114 valence electrons. The van der Waals surface area contributed by atoms with Crippen molar-refractivity contribution in [3.05, 3.63) is 39.9 Å². The molecule has 0 radical (unpaired) electrons. The van der Waals surface area contributed by atoms with Crippen molar-refractivity contribution in [2.45, 2.75) is 25.2 Å². The van der Waals surface area contributed by atoms with Crippen molar-refractivity contribution in [2.75, 3.05) is 13.1 Å². The Morgan fingerprint density at radius 3 is 2.57 bits per heavy atom. The van der Waals surface area contributed by atoms with Gasteiger partial charge in [0.15, 0.2) is 0 Å². The van der Waals surface area contributed by atoms with Crippen molar-refractivity contribution < 1.29 is 24.7 Å². The van der Waals surface area contributed by atoms with Gasteiger partial charge >= 0.3 is 6.09 Å². The van der Waals surface area contributed by atoms with E-state index < -0.39 is 23.2 Å². The summed E-state index contributed by atoms with van der Waals surface area (Å²) in [5.41, 5.74) is 0.602. The van der Waals surface area contributed by atoms with Crippen molar-refractivity contribution in [1.82, 2.24) is 4.90 Å². The van der Waals surface area contributed by atoms with E-state index in [0.29, 0.717) is 18.5 Å². The number of rotatable bonds is 3. The molecule has 1 aliphatic heterocycles. The number of nitro groups is 1. The van der Waals surface area contributed by atoms with Crippen molar-refractivity contribution in [2.24, 2.45) is 0 Å². The second-order valence-corrected chi connectivity index (χ2v) is 4.85. The summed E-state index contributed by atoms with van der Waals surface area (Å²) < 4.78 is 5.08. The molecule has 1 aromatic rings. The van der Waals surface area contributed by atoms with Crippen molar-refractivity contribution >= 4 is 11.8 Å². The lowest BCUT2D eigenvalue weighted by atomic mass is 10.1. The average Bonchev–Trinajstić information content (AvgIpc) is 2.48. The molecule has 0 saturated carbocycles. The van der Waals surface area contributed by atoms with Crippen LogP contribution in [0, 0.1) is 10.1 Å². The van der Waals surface area contributed by atoms with E-state index in [4.69, 9.17) is 4.74 Å². The van der Waals surface area contributed by atoms with Crippen LogP contribution in [0.1, 0.15) is 12.0 Å². The first-order valence-corrected chi connectivity index (χ1v) is 6.48. The van der Waals surface area contributed by atoms with Gasteiger partial charge in [0.25, 0.3) is 5.69 Å². The highest BCUT2D eigenvalue weighted by Crippen LogP contribution is 2.15. The summed E-state index contributed by atoms with van der Waals surface area (Å²) in [5.74, 6) is 0. The van der Waals surface area contributed by atoms with Gasteiger partial charge in [-0.15, -0.1) is 0 Å².